The van der Waals surface area contributed by atoms with Crippen LogP contribution in [0.3, 0.4) is 0 Å². The van der Waals surface area contributed by atoms with E-state index >= 15 is 0 Å². The summed E-state index contributed by atoms with van der Waals surface area (Å²) in [4.78, 5) is 0. The summed E-state index contributed by atoms with van der Waals surface area (Å²) in [6.07, 6.45) is -13.7. The van der Waals surface area contributed by atoms with Crippen LogP contribution in [0.25, 0.3) is 0 Å². The molecule has 0 aromatic rings. The van der Waals surface area contributed by atoms with Crippen molar-refractivity contribution < 1.29 is 111 Å². The molecule has 0 aliphatic carbocycles. The Hall–Kier alpha value is -0.920. The van der Waals surface area contributed by atoms with Crippen LogP contribution in [-0.4, -0.2) is 291 Å². The third-order valence-electron chi connectivity index (χ3n) is 13.3. The molecular formula is C46H86O23. The Labute approximate surface area is 407 Å². The molecule has 0 radical (unpaired) electrons. The third-order valence-corrected chi connectivity index (χ3v) is 13.3. The normalized spacial score (nSPS) is 39.7. The largest absolute Gasteiger partial charge is 0.391 e. The zero-order valence-corrected chi connectivity index (χ0v) is 42.5. The first-order valence-electron chi connectivity index (χ1n) is 23.8. The Balaban J connectivity index is 1.36. The fourth-order valence-corrected chi connectivity index (χ4v) is 9.96. The van der Waals surface area contributed by atoms with E-state index < -0.39 is 128 Å². The van der Waals surface area contributed by atoms with Crippen molar-refractivity contribution in [3.05, 3.63) is 0 Å². The van der Waals surface area contributed by atoms with Gasteiger partial charge in [-0.15, -0.1) is 0 Å². The lowest BCUT2D eigenvalue weighted by atomic mass is 9.86. The van der Waals surface area contributed by atoms with E-state index in [0.29, 0.717) is 0 Å². The molecule has 4 rings (SSSR count). The smallest absolute Gasteiger partial charge is 0.114 e. The Kier molecular flexibility index (Phi) is 27.9. The minimum atomic E-state index is -1.14. The van der Waals surface area contributed by atoms with E-state index in [2.05, 4.69) is 0 Å². The molecule has 408 valence electrons. The summed E-state index contributed by atoms with van der Waals surface area (Å²) in [5, 5.41) is 54.0. The van der Waals surface area contributed by atoms with Gasteiger partial charge in [0, 0.05) is 81.7 Å². The van der Waals surface area contributed by atoms with Crippen molar-refractivity contribution in [2.24, 2.45) is 17.8 Å². The predicted octanol–water partition coefficient (Wildman–Crippen LogP) is -2.14. The van der Waals surface area contributed by atoms with Crippen LogP contribution in [-0.2, 0) is 85.3 Å². The van der Waals surface area contributed by atoms with Crippen LogP contribution >= 0.6 is 0 Å². The first kappa shape index (κ1) is 60.6. The van der Waals surface area contributed by atoms with Crippen LogP contribution in [0, 0.1) is 17.8 Å². The van der Waals surface area contributed by atoms with Gasteiger partial charge in [-0.1, -0.05) is 0 Å². The number of hydrogen-bond acceptors (Lipinski definition) is 23. The zero-order chi connectivity index (χ0) is 50.6. The molecule has 0 amide bonds. The highest BCUT2D eigenvalue weighted by Gasteiger charge is 2.51. The van der Waals surface area contributed by atoms with Crippen molar-refractivity contribution in [3.63, 3.8) is 0 Å². The average Bonchev–Trinajstić information content (AvgIpc) is 3.32. The van der Waals surface area contributed by atoms with Crippen LogP contribution in [0.5, 0.6) is 0 Å². The lowest BCUT2D eigenvalue weighted by Crippen LogP contribution is -2.61. The van der Waals surface area contributed by atoms with Crippen LogP contribution in [0.2, 0.25) is 0 Å². The van der Waals surface area contributed by atoms with Crippen molar-refractivity contribution in [2.75, 3.05) is 150 Å². The number of hydrogen-bond donors (Lipinski definition) is 5. The Bertz CT molecular complexity index is 1340. The quantitative estimate of drug-likeness (QED) is 0.0482. The van der Waals surface area contributed by atoms with E-state index in [4.69, 9.17) is 85.3 Å². The van der Waals surface area contributed by atoms with Crippen molar-refractivity contribution in [3.8, 4) is 0 Å². The van der Waals surface area contributed by atoms with Crippen LogP contribution in [0.1, 0.15) is 13.8 Å². The summed E-state index contributed by atoms with van der Waals surface area (Å²) < 4.78 is 107. The topological polar surface area (TPSA) is 267 Å². The van der Waals surface area contributed by atoms with Crippen molar-refractivity contribution in [1.82, 2.24) is 0 Å². The first-order chi connectivity index (χ1) is 33.3. The molecule has 0 bridgehead atoms. The molecule has 22 unspecified atom stereocenters. The fraction of sp³-hybridized carbons (Fsp3) is 1.00. The van der Waals surface area contributed by atoms with Gasteiger partial charge >= 0.3 is 0 Å². The van der Waals surface area contributed by atoms with E-state index in [1.807, 2.05) is 0 Å². The van der Waals surface area contributed by atoms with Crippen molar-refractivity contribution in [2.45, 2.75) is 130 Å². The molecule has 22 atom stereocenters. The van der Waals surface area contributed by atoms with Gasteiger partial charge < -0.3 is 111 Å². The third kappa shape index (κ3) is 16.8. The first-order valence-corrected chi connectivity index (χ1v) is 23.8. The minimum absolute atomic E-state index is 0.00898. The second-order valence-electron chi connectivity index (χ2n) is 18.3. The highest BCUT2D eigenvalue weighted by atomic mass is 16.6. The molecule has 0 spiro atoms. The molecule has 4 fully saturated rings. The van der Waals surface area contributed by atoms with Gasteiger partial charge in [-0.2, -0.15) is 0 Å². The monoisotopic (exact) mass is 1010 g/mol. The number of rotatable bonds is 32. The Morgan fingerprint density at radius 3 is 0.971 bits per heavy atom. The van der Waals surface area contributed by atoms with Gasteiger partial charge in [0.05, 0.1) is 135 Å². The van der Waals surface area contributed by atoms with E-state index in [-0.39, 0.29) is 91.8 Å². The molecule has 0 aromatic carbocycles. The van der Waals surface area contributed by atoms with Crippen LogP contribution in [0.15, 0.2) is 0 Å². The lowest BCUT2D eigenvalue weighted by Gasteiger charge is -2.46. The van der Waals surface area contributed by atoms with Crippen molar-refractivity contribution in [1.29, 1.82) is 0 Å². The predicted molar refractivity (Wildman–Crippen MR) is 241 cm³/mol. The second-order valence-corrected chi connectivity index (χ2v) is 18.3. The van der Waals surface area contributed by atoms with E-state index in [1.54, 1.807) is 49.4 Å². The molecule has 5 N–H and O–H groups in total. The van der Waals surface area contributed by atoms with Crippen LogP contribution < -0.4 is 0 Å². The van der Waals surface area contributed by atoms with Gasteiger partial charge in [0.25, 0.3) is 0 Å². The number of ether oxygens (including phenoxy) is 18. The van der Waals surface area contributed by atoms with Gasteiger partial charge in [0.2, 0.25) is 0 Å². The number of aliphatic hydroxyl groups is 5. The van der Waals surface area contributed by atoms with E-state index in [1.165, 1.54) is 28.4 Å². The molecule has 0 saturated carbocycles. The summed E-state index contributed by atoms with van der Waals surface area (Å²) in [6, 6.07) is 0. The Morgan fingerprint density at radius 1 is 0.319 bits per heavy atom. The molecule has 4 saturated heterocycles. The average molecular weight is 1010 g/mol. The highest BCUT2D eigenvalue weighted by Crippen LogP contribution is 2.35. The number of aliphatic hydroxyl groups excluding tert-OH is 5. The summed E-state index contributed by atoms with van der Waals surface area (Å²) in [6.45, 7) is 4.43. The van der Waals surface area contributed by atoms with Gasteiger partial charge in [-0.05, 0) is 13.8 Å². The minimum Gasteiger partial charge on any atom is -0.391 e. The highest BCUT2D eigenvalue weighted by molar-refractivity contribution is 4.98. The second kappa shape index (κ2) is 31.7. The molecular weight excluding hydrogens is 920 g/mol. The zero-order valence-electron chi connectivity index (χ0n) is 42.5. The molecule has 4 aliphatic heterocycles. The van der Waals surface area contributed by atoms with Gasteiger partial charge in [-0.3, -0.25) is 0 Å². The number of methoxy groups -OCH3 is 9. The molecule has 0 aromatic heterocycles. The molecule has 23 heteroatoms. The summed E-state index contributed by atoms with van der Waals surface area (Å²) >= 11 is 0. The van der Waals surface area contributed by atoms with Crippen molar-refractivity contribution >= 4 is 0 Å². The maximum Gasteiger partial charge on any atom is 0.114 e. The summed E-state index contributed by atoms with van der Waals surface area (Å²) in [5.74, 6) is -1.37. The van der Waals surface area contributed by atoms with Crippen LogP contribution in [0.4, 0.5) is 0 Å². The van der Waals surface area contributed by atoms with Gasteiger partial charge in [-0.25, -0.2) is 0 Å². The maximum absolute atomic E-state index is 11.7. The van der Waals surface area contributed by atoms with Gasteiger partial charge in [0.15, 0.2) is 0 Å². The van der Waals surface area contributed by atoms with E-state index in [9.17, 15) is 25.5 Å². The maximum atomic E-state index is 11.7. The fourth-order valence-electron chi connectivity index (χ4n) is 9.96. The molecule has 23 nitrogen and oxygen atoms in total. The molecule has 69 heavy (non-hydrogen) atoms. The summed E-state index contributed by atoms with van der Waals surface area (Å²) in [7, 11) is 13.8. The van der Waals surface area contributed by atoms with E-state index in [0.717, 1.165) is 0 Å². The standard InChI is InChI=1S/C46H86O23/c1-25(47)12-61-20-32-29(43(57-8)44(58-9)36(68-32)19-54-5)16-65-22-34-39(50)41(55-6)27(30(67-34)17-52-3)14-63-21-33-38(49)42(56-7)28(31(66-33)18-53-4)15-64-23-35-40(51)46(60-11)45(59-10)37(69-35)24-62-13-26(2)48/h25-51H,12-24H2,1-11H3. The van der Waals surface area contributed by atoms with Gasteiger partial charge in [0.1, 0.15) is 67.1 Å². The molecule has 4 heterocycles. The SMILES string of the molecule is COCC1OC(COCC2C(COCC(C)O)OC(COC)C(OC)C2OC)C(O)C(OC)C1COCC1OC(COC)C(COCC2OC(COCC(C)O)C(OC)C(OC)C2O)C(OC)C1O. The molecule has 4 aliphatic rings. The lowest BCUT2D eigenvalue weighted by molar-refractivity contribution is -0.263. The summed E-state index contributed by atoms with van der Waals surface area (Å²) in [5.41, 5.74) is 0. The Morgan fingerprint density at radius 2 is 0.594 bits per heavy atom.